The van der Waals surface area contributed by atoms with E-state index in [0.717, 1.165) is 51.5 Å². The van der Waals surface area contributed by atoms with Gasteiger partial charge >= 0.3 is 5.97 Å². The molecule has 1 aromatic rings. The number of nitrogens with one attached hydrogen (secondary N) is 2. The lowest BCUT2D eigenvalue weighted by molar-refractivity contribution is -0.142. The number of nitrogens with zero attached hydrogens (tertiary/aromatic N) is 2. The predicted molar refractivity (Wildman–Crippen MR) is 173 cm³/mol. The van der Waals surface area contributed by atoms with Crippen molar-refractivity contribution >= 4 is 29.1 Å². The molecule has 0 aromatic carbocycles. The summed E-state index contributed by atoms with van der Waals surface area (Å²) in [5, 5.41) is 8.86. The summed E-state index contributed by atoms with van der Waals surface area (Å²) in [6.45, 7) is 18.3. The molecule has 9 nitrogen and oxygen atoms in total. The molecular formula is C33H56N4O5S. The van der Waals surface area contributed by atoms with Crippen LogP contribution in [0, 0.1) is 11.8 Å². The molecule has 2 amide bonds. The first-order chi connectivity index (χ1) is 20.7. The fourth-order valence-corrected chi connectivity index (χ4v) is 6.55. The first-order valence-corrected chi connectivity index (χ1v) is 17.3. The Balaban J connectivity index is 2.42. The van der Waals surface area contributed by atoms with Gasteiger partial charge in [-0.2, -0.15) is 0 Å². The Morgan fingerprint density at radius 1 is 1.16 bits per heavy atom. The highest BCUT2D eigenvalue weighted by Crippen LogP contribution is 2.32. The fraction of sp³-hybridized carbons (Fsp3) is 0.758. The van der Waals surface area contributed by atoms with E-state index < -0.39 is 18.1 Å². The van der Waals surface area contributed by atoms with Crippen molar-refractivity contribution in [2.75, 3.05) is 26.3 Å². The monoisotopic (exact) mass is 620 g/mol. The van der Waals surface area contributed by atoms with E-state index in [4.69, 9.17) is 9.47 Å². The predicted octanol–water partition coefficient (Wildman–Crippen LogP) is 6.06. The summed E-state index contributed by atoms with van der Waals surface area (Å²) in [5.41, 5.74) is 0.274. The van der Waals surface area contributed by atoms with Crippen LogP contribution in [0.15, 0.2) is 18.0 Å². The Morgan fingerprint density at radius 3 is 2.51 bits per heavy atom. The van der Waals surface area contributed by atoms with Gasteiger partial charge in [-0.15, -0.1) is 17.9 Å². The summed E-state index contributed by atoms with van der Waals surface area (Å²) < 4.78 is 11.3. The van der Waals surface area contributed by atoms with Gasteiger partial charge in [-0.25, -0.2) is 9.78 Å². The van der Waals surface area contributed by atoms with Gasteiger partial charge in [0.15, 0.2) is 5.69 Å². The number of amides is 2. The van der Waals surface area contributed by atoms with Gasteiger partial charge in [-0.3, -0.25) is 9.59 Å². The second-order valence-corrected chi connectivity index (χ2v) is 12.6. The minimum Gasteiger partial charge on any atom is -0.461 e. The highest BCUT2D eigenvalue weighted by molar-refractivity contribution is 7.09. The number of unbranched alkanes of at least 4 members (excludes halogenated alkanes) is 3. The number of hydrogen-bond acceptors (Lipinski definition) is 8. The zero-order valence-corrected chi connectivity index (χ0v) is 28.2. The van der Waals surface area contributed by atoms with Crippen LogP contribution in [0.3, 0.4) is 0 Å². The van der Waals surface area contributed by atoms with E-state index in [1.54, 1.807) is 18.4 Å². The summed E-state index contributed by atoms with van der Waals surface area (Å²) in [6, 6.07) is -1.16. The molecule has 1 fully saturated rings. The topological polar surface area (TPSA) is 110 Å². The Morgan fingerprint density at radius 2 is 1.93 bits per heavy atom. The van der Waals surface area contributed by atoms with Crippen LogP contribution >= 0.6 is 11.3 Å². The van der Waals surface area contributed by atoms with Crippen LogP contribution in [0.2, 0.25) is 0 Å². The Kier molecular flexibility index (Phi) is 17.0. The molecule has 0 unspecified atom stereocenters. The van der Waals surface area contributed by atoms with Gasteiger partial charge < -0.3 is 25.0 Å². The molecule has 0 spiro atoms. The standard InChI is InChI=1S/C33H56N4O5S/c1-8-13-14-17-20-37(32(39)29(24(9-2)10-3)36-30(38)25-18-15-16-19-34-25)27(23(6)7)21-28(41-11-4)31-35-26(22-43-31)33(40)42-12-5/h9,22-25,27-29,34H,2,8,10-21H2,1,3-7H3,(H,36,38)/t24-,25+,27+,28+,29-/m0/s1. The van der Waals surface area contributed by atoms with Gasteiger partial charge in [0.2, 0.25) is 11.8 Å². The molecule has 1 aliphatic rings. The lowest BCUT2D eigenvalue weighted by Crippen LogP contribution is -2.59. The molecule has 10 heteroatoms. The molecule has 0 aliphatic carbocycles. The molecule has 244 valence electrons. The summed E-state index contributed by atoms with van der Waals surface area (Å²) in [5.74, 6) is -0.725. The van der Waals surface area contributed by atoms with Crippen molar-refractivity contribution in [1.82, 2.24) is 20.5 Å². The minimum absolute atomic E-state index is 0.0762. The molecule has 1 aromatic heterocycles. The van der Waals surface area contributed by atoms with E-state index >= 15 is 0 Å². The first-order valence-electron chi connectivity index (χ1n) is 16.4. The number of carbonyl (C=O) groups is 3. The largest absolute Gasteiger partial charge is 0.461 e. The second-order valence-electron chi connectivity index (χ2n) is 11.7. The van der Waals surface area contributed by atoms with Gasteiger partial charge in [-0.1, -0.05) is 59.5 Å². The minimum atomic E-state index is -0.702. The van der Waals surface area contributed by atoms with Gasteiger partial charge in [-0.05, 0) is 52.0 Å². The quantitative estimate of drug-likeness (QED) is 0.104. The zero-order chi connectivity index (χ0) is 31.8. The first kappa shape index (κ1) is 36.9. The Hall–Kier alpha value is -2.30. The molecule has 43 heavy (non-hydrogen) atoms. The third-order valence-electron chi connectivity index (χ3n) is 8.20. The molecule has 2 N–H and O–H groups in total. The second kappa shape index (κ2) is 19.9. The zero-order valence-electron chi connectivity index (χ0n) is 27.4. The van der Waals surface area contributed by atoms with Gasteiger partial charge in [0.05, 0.1) is 12.6 Å². The van der Waals surface area contributed by atoms with Crippen LogP contribution in [-0.2, 0) is 19.1 Å². The third kappa shape index (κ3) is 11.3. The maximum atomic E-state index is 14.6. The summed E-state index contributed by atoms with van der Waals surface area (Å²) in [7, 11) is 0. The molecular weight excluding hydrogens is 564 g/mol. The van der Waals surface area contributed by atoms with Crippen molar-refractivity contribution in [1.29, 1.82) is 0 Å². The number of carbonyl (C=O) groups excluding carboxylic acids is 3. The molecule has 0 radical (unpaired) electrons. The number of hydrogen-bond donors (Lipinski definition) is 2. The lowest BCUT2D eigenvalue weighted by Gasteiger charge is -2.40. The van der Waals surface area contributed by atoms with E-state index in [-0.39, 0.29) is 48.0 Å². The average molecular weight is 621 g/mol. The normalized spacial score (nSPS) is 18.0. The number of piperidine rings is 1. The number of aromatic nitrogens is 1. The van der Waals surface area contributed by atoms with E-state index in [1.807, 2.05) is 18.7 Å². The van der Waals surface area contributed by atoms with Gasteiger partial charge in [0.25, 0.3) is 0 Å². The Bertz CT molecular complexity index is 994. The van der Waals surface area contributed by atoms with Crippen LogP contribution in [0.25, 0.3) is 0 Å². The van der Waals surface area contributed by atoms with E-state index in [9.17, 15) is 14.4 Å². The summed E-state index contributed by atoms with van der Waals surface area (Å²) in [6.07, 6.45) is 9.54. The SMILES string of the molecule is C=C[C@@H](CC)[C@H](NC(=O)[C@H]1CCCCN1)C(=O)N(CCCCCC)[C@H](C[C@@H](OCC)c1nc(C(=O)OCC)cs1)C(C)C. The van der Waals surface area contributed by atoms with Crippen LogP contribution in [-0.4, -0.2) is 72.1 Å². The molecule has 0 bridgehead atoms. The van der Waals surface area contributed by atoms with E-state index in [1.165, 1.54) is 11.3 Å². The average Bonchev–Trinajstić information content (AvgIpc) is 3.50. The highest BCUT2D eigenvalue weighted by atomic mass is 32.1. The van der Waals surface area contributed by atoms with Crippen LogP contribution in [0.5, 0.6) is 0 Å². The van der Waals surface area contributed by atoms with Crippen molar-refractivity contribution < 1.29 is 23.9 Å². The van der Waals surface area contributed by atoms with Gasteiger partial charge in [0, 0.05) is 36.9 Å². The molecule has 1 aliphatic heterocycles. The van der Waals surface area contributed by atoms with Crippen molar-refractivity contribution in [2.45, 2.75) is 124 Å². The van der Waals surface area contributed by atoms with Crippen LogP contribution in [0.4, 0.5) is 0 Å². The number of esters is 1. The Labute approximate surface area is 263 Å². The maximum Gasteiger partial charge on any atom is 0.357 e. The smallest absolute Gasteiger partial charge is 0.357 e. The molecule has 1 saturated heterocycles. The number of rotatable bonds is 20. The molecule has 2 rings (SSSR count). The lowest BCUT2D eigenvalue weighted by atomic mass is 9.91. The fourth-order valence-electron chi connectivity index (χ4n) is 5.70. The molecule has 2 heterocycles. The molecule has 5 atom stereocenters. The van der Waals surface area contributed by atoms with Crippen molar-refractivity contribution in [3.8, 4) is 0 Å². The van der Waals surface area contributed by atoms with E-state index in [0.29, 0.717) is 31.0 Å². The van der Waals surface area contributed by atoms with Crippen molar-refractivity contribution in [2.24, 2.45) is 11.8 Å². The highest BCUT2D eigenvalue weighted by Gasteiger charge is 2.38. The number of ether oxygens (including phenoxy) is 2. The summed E-state index contributed by atoms with van der Waals surface area (Å²) in [4.78, 5) is 46.9. The number of thiazole rings is 1. The van der Waals surface area contributed by atoms with Crippen molar-refractivity contribution in [3.63, 3.8) is 0 Å². The third-order valence-corrected chi connectivity index (χ3v) is 9.14. The van der Waals surface area contributed by atoms with E-state index in [2.05, 4.69) is 43.0 Å². The molecule has 0 saturated carbocycles. The van der Waals surface area contributed by atoms with Gasteiger partial charge in [0.1, 0.15) is 17.2 Å². The maximum absolute atomic E-state index is 14.6. The summed E-state index contributed by atoms with van der Waals surface area (Å²) >= 11 is 1.38. The van der Waals surface area contributed by atoms with Crippen LogP contribution < -0.4 is 10.6 Å². The van der Waals surface area contributed by atoms with Crippen LogP contribution in [0.1, 0.15) is 121 Å². The van der Waals surface area contributed by atoms with Crippen molar-refractivity contribution in [3.05, 3.63) is 28.7 Å².